The van der Waals surface area contributed by atoms with Gasteiger partial charge in [0.1, 0.15) is 0 Å². The van der Waals surface area contributed by atoms with Crippen LogP contribution in [-0.4, -0.2) is 4.32 Å². The highest BCUT2D eigenvalue weighted by atomic mass is 79.9. The van der Waals surface area contributed by atoms with Crippen molar-refractivity contribution in [3.05, 3.63) is 54.1 Å². The lowest BCUT2D eigenvalue weighted by Gasteiger charge is -2.26. The molecule has 96 valence electrons. The summed E-state index contributed by atoms with van der Waals surface area (Å²) in [6, 6.07) is 10.6. The Balaban J connectivity index is 1.98. The highest BCUT2D eigenvalue weighted by Gasteiger charge is 2.24. The molecule has 0 nitrogen and oxygen atoms in total. The van der Waals surface area contributed by atoms with Crippen molar-refractivity contribution in [2.75, 3.05) is 0 Å². The van der Waals surface area contributed by atoms with Crippen LogP contribution in [0.5, 0.6) is 0 Å². The molecule has 0 bridgehead atoms. The zero-order valence-electron chi connectivity index (χ0n) is 11.0. The summed E-state index contributed by atoms with van der Waals surface area (Å²) in [4.78, 5) is 0. The van der Waals surface area contributed by atoms with Gasteiger partial charge in [-0.15, -0.1) is 0 Å². The lowest BCUT2D eigenvalue weighted by atomic mass is 9.89. The van der Waals surface area contributed by atoms with E-state index in [1.54, 1.807) is 0 Å². The average Bonchev–Trinajstić information content (AvgIpc) is 2.41. The SMILES string of the molecule is CCCCCC1(Br)C=CC(c2ccccc2)=CC1. The summed E-state index contributed by atoms with van der Waals surface area (Å²) >= 11 is 3.89. The molecule has 0 spiro atoms. The molecule has 0 fully saturated rings. The number of hydrogen-bond acceptors (Lipinski definition) is 0. The van der Waals surface area contributed by atoms with Gasteiger partial charge in [0.25, 0.3) is 0 Å². The van der Waals surface area contributed by atoms with E-state index >= 15 is 0 Å². The van der Waals surface area contributed by atoms with E-state index in [4.69, 9.17) is 0 Å². The van der Waals surface area contributed by atoms with Gasteiger partial charge in [-0.2, -0.15) is 0 Å². The Labute approximate surface area is 119 Å². The van der Waals surface area contributed by atoms with Gasteiger partial charge in [0.15, 0.2) is 0 Å². The molecule has 18 heavy (non-hydrogen) atoms. The van der Waals surface area contributed by atoms with Gasteiger partial charge >= 0.3 is 0 Å². The minimum atomic E-state index is 0.195. The highest BCUT2D eigenvalue weighted by Crippen LogP contribution is 2.36. The van der Waals surface area contributed by atoms with Crippen molar-refractivity contribution in [1.82, 2.24) is 0 Å². The standard InChI is InChI=1S/C17H21Br/c1-2-3-7-12-17(18)13-10-16(11-14-17)15-8-5-4-6-9-15/h4-6,8-11,13H,2-3,7,12,14H2,1H3. The molecule has 1 heteroatoms. The van der Waals surface area contributed by atoms with Crippen molar-refractivity contribution in [3.63, 3.8) is 0 Å². The molecule has 0 saturated heterocycles. The number of halogens is 1. The Morgan fingerprint density at radius 2 is 1.94 bits per heavy atom. The molecular weight excluding hydrogens is 284 g/mol. The second-order valence-electron chi connectivity index (χ2n) is 5.05. The van der Waals surface area contributed by atoms with Crippen LogP contribution in [-0.2, 0) is 0 Å². The number of benzene rings is 1. The minimum Gasteiger partial charge on any atom is -0.0804 e. The third-order valence-electron chi connectivity index (χ3n) is 3.53. The van der Waals surface area contributed by atoms with E-state index in [9.17, 15) is 0 Å². The van der Waals surface area contributed by atoms with Crippen LogP contribution in [0.15, 0.2) is 48.6 Å². The van der Waals surface area contributed by atoms with Gasteiger partial charge in [-0.1, -0.05) is 90.7 Å². The quantitative estimate of drug-likeness (QED) is 0.480. The molecule has 0 heterocycles. The molecule has 0 amide bonds. The van der Waals surface area contributed by atoms with E-state index in [1.165, 1.54) is 36.8 Å². The molecule has 1 aromatic rings. The van der Waals surface area contributed by atoms with Gasteiger partial charge < -0.3 is 0 Å². The smallest absolute Gasteiger partial charge is 0.0474 e. The minimum absolute atomic E-state index is 0.195. The van der Waals surface area contributed by atoms with Gasteiger partial charge in [-0.25, -0.2) is 0 Å². The van der Waals surface area contributed by atoms with Gasteiger partial charge in [-0.05, 0) is 24.0 Å². The van der Waals surface area contributed by atoms with Crippen LogP contribution >= 0.6 is 15.9 Å². The van der Waals surface area contributed by atoms with Crippen LogP contribution in [0, 0.1) is 0 Å². The lowest BCUT2D eigenvalue weighted by Crippen LogP contribution is -2.18. The third kappa shape index (κ3) is 3.58. The first-order valence-corrected chi connectivity index (χ1v) is 7.66. The van der Waals surface area contributed by atoms with Crippen molar-refractivity contribution >= 4 is 21.5 Å². The van der Waals surface area contributed by atoms with Crippen LogP contribution in [0.4, 0.5) is 0 Å². The Kier molecular flexibility index (Phi) is 4.82. The fourth-order valence-electron chi connectivity index (χ4n) is 2.35. The number of alkyl halides is 1. The largest absolute Gasteiger partial charge is 0.0804 e. The van der Waals surface area contributed by atoms with Gasteiger partial charge in [0.2, 0.25) is 0 Å². The Morgan fingerprint density at radius 1 is 1.17 bits per heavy atom. The van der Waals surface area contributed by atoms with Crippen LogP contribution < -0.4 is 0 Å². The molecule has 1 aliphatic carbocycles. The number of rotatable bonds is 5. The third-order valence-corrected chi connectivity index (χ3v) is 4.51. The molecule has 0 saturated carbocycles. The molecular formula is C17H21Br. The fraction of sp³-hybridized carbons (Fsp3) is 0.412. The van der Waals surface area contributed by atoms with E-state index in [0.29, 0.717) is 0 Å². The molecule has 1 aromatic carbocycles. The highest BCUT2D eigenvalue weighted by molar-refractivity contribution is 9.10. The van der Waals surface area contributed by atoms with Crippen molar-refractivity contribution in [2.45, 2.75) is 43.4 Å². The summed E-state index contributed by atoms with van der Waals surface area (Å²) in [5, 5.41) is 0. The maximum absolute atomic E-state index is 3.89. The zero-order valence-corrected chi connectivity index (χ0v) is 12.6. The fourth-order valence-corrected chi connectivity index (χ4v) is 2.93. The summed E-state index contributed by atoms with van der Waals surface area (Å²) in [6.07, 6.45) is 13.2. The van der Waals surface area contributed by atoms with E-state index in [-0.39, 0.29) is 4.32 Å². The summed E-state index contributed by atoms with van der Waals surface area (Å²) in [5.41, 5.74) is 2.66. The molecule has 0 aliphatic heterocycles. The predicted molar refractivity (Wildman–Crippen MR) is 84.0 cm³/mol. The second kappa shape index (κ2) is 6.38. The summed E-state index contributed by atoms with van der Waals surface area (Å²) in [7, 11) is 0. The summed E-state index contributed by atoms with van der Waals surface area (Å²) in [5.74, 6) is 0. The van der Waals surface area contributed by atoms with Gasteiger partial charge in [0.05, 0.1) is 0 Å². The molecule has 1 unspecified atom stereocenters. The Bertz CT molecular complexity index is 430. The summed E-state index contributed by atoms with van der Waals surface area (Å²) < 4.78 is 0.195. The first-order chi connectivity index (χ1) is 8.73. The van der Waals surface area contributed by atoms with Crippen molar-refractivity contribution < 1.29 is 0 Å². The normalized spacial score (nSPS) is 22.9. The molecule has 1 atom stereocenters. The topological polar surface area (TPSA) is 0 Å². The molecule has 0 radical (unpaired) electrons. The van der Waals surface area contributed by atoms with Crippen molar-refractivity contribution in [1.29, 1.82) is 0 Å². The van der Waals surface area contributed by atoms with Crippen LogP contribution in [0.2, 0.25) is 0 Å². The number of unbranched alkanes of at least 4 members (excludes halogenated alkanes) is 2. The van der Waals surface area contributed by atoms with E-state index in [2.05, 4.69) is 71.4 Å². The van der Waals surface area contributed by atoms with Crippen LogP contribution in [0.25, 0.3) is 5.57 Å². The predicted octanol–water partition coefficient (Wildman–Crippen LogP) is 5.74. The van der Waals surface area contributed by atoms with Crippen molar-refractivity contribution in [2.24, 2.45) is 0 Å². The Hall–Kier alpha value is -0.820. The van der Waals surface area contributed by atoms with Gasteiger partial charge in [0, 0.05) is 4.32 Å². The Morgan fingerprint density at radius 3 is 2.56 bits per heavy atom. The maximum atomic E-state index is 3.89. The lowest BCUT2D eigenvalue weighted by molar-refractivity contribution is 0.587. The molecule has 2 rings (SSSR count). The average molecular weight is 305 g/mol. The van der Waals surface area contributed by atoms with Crippen LogP contribution in [0.3, 0.4) is 0 Å². The summed E-state index contributed by atoms with van der Waals surface area (Å²) in [6.45, 7) is 2.25. The second-order valence-corrected chi connectivity index (χ2v) is 6.63. The van der Waals surface area contributed by atoms with E-state index in [1.807, 2.05) is 0 Å². The first kappa shape index (κ1) is 13.6. The monoisotopic (exact) mass is 304 g/mol. The van der Waals surface area contributed by atoms with E-state index < -0.39 is 0 Å². The van der Waals surface area contributed by atoms with Crippen LogP contribution in [0.1, 0.15) is 44.6 Å². The zero-order chi connectivity index (χ0) is 12.8. The van der Waals surface area contributed by atoms with Crippen molar-refractivity contribution in [3.8, 4) is 0 Å². The number of allylic oxidation sites excluding steroid dienone is 4. The molecule has 0 N–H and O–H groups in total. The number of hydrogen-bond donors (Lipinski definition) is 0. The van der Waals surface area contributed by atoms with Gasteiger partial charge in [-0.3, -0.25) is 0 Å². The first-order valence-electron chi connectivity index (χ1n) is 6.87. The molecule has 0 aromatic heterocycles. The van der Waals surface area contributed by atoms with E-state index in [0.717, 1.165) is 6.42 Å². The molecule has 1 aliphatic rings. The maximum Gasteiger partial charge on any atom is 0.0474 e.